The lowest BCUT2D eigenvalue weighted by molar-refractivity contribution is 0.728. The molecule has 0 radical (unpaired) electrons. The Labute approximate surface area is 234 Å². The summed E-state index contributed by atoms with van der Waals surface area (Å²) in [7, 11) is 0. The number of aryl methyl sites for hydroxylation is 2. The van der Waals surface area contributed by atoms with Crippen molar-refractivity contribution in [2.24, 2.45) is 9.98 Å². The SMILES string of the molecule is CCCCCC=CCCc1ccccc1N=CC(CCCC)=Nc1ccccc1CCC=CCCCCC. The van der Waals surface area contributed by atoms with Crippen LogP contribution in [0.4, 0.5) is 11.4 Å². The number of hydrogen-bond acceptors (Lipinski definition) is 2. The Morgan fingerprint density at radius 2 is 1.08 bits per heavy atom. The zero-order valence-corrected chi connectivity index (χ0v) is 24.5. The van der Waals surface area contributed by atoms with Gasteiger partial charge in [0.05, 0.1) is 17.1 Å². The minimum absolute atomic E-state index is 0.953. The van der Waals surface area contributed by atoms with Crippen LogP contribution in [0.2, 0.25) is 0 Å². The predicted molar refractivity (Wildman–Crippen MR) is 171 cm³/mol. The van der Waals surface area contributed by atoms with E-state index in [4.69, 9.17) is 9.98 Å². The molecule has 0 N–H and O–H groups in total. The highest BCUT2D eigenvalue weighted by Gasteiger charge is 2.04. The van der Waals surface area contributed by atoms with Gasteiger partial charge in [0.25, 0.3) is 0 Å². The van der Waals surface area contributed by atoms with Crippen LogP contribution in [0.5, 0.6) is 0 Å². The van der Waals surface area contributed by atoms with E-state index in [1.807, 2.05) is 6.21 Å². The Balaban J connectivity index is 2.08. The zero-order chi connectivity index (χ0) is 27.1. The lowest BCUT2D eigenvalue weighted by atomic mass is 10.1. The largest absolute Gasteiger partial charge is 0.255 e. The van der Waals surface area contributed by atoms with Crippen LogP contribution in [0, 0.1) is 0 Å². The van der Waals surface area contributed by atoms with Crippen molar-refractivity contribution in [1.29, 1.82) is 0 Å². The van der Waals surface area contributed by atoms with Gasteiger partial charge in [0.15, 0.2) is 0 Å². The van der Waals surface area contributed by atoms with E-state index in [9.17, 15) is 0 Å². The average molecular weight is 513 g/mol. The predicted octanol–water partition coefficient (Wildman–Crippen LogP) is 11.5. The van der Waals surface area contributed by atoms with Gasteiger partial charge in [-0.05, 0) is 87.5 Å². The number of aliphatic imine (C=N–C) groups is 2. The highest BCUT2D eigenvalue weighted by Crippen LogP contribution is 2.23. The third-order valence-corrected chi connectivity index (χ3v) is 6.83. The topological polar surface area (TPSA) is 24.7 Å². The van der Waals surface area contributed by atoms with Crippen LogP contribution in [-0.4, -0.2) is 11.9 Å². The molecule has 0 atom stereocenters. The highest BCUT2D eigenvalue weighted by atomic mass is 14.8. The molecule has 0 saturated heterocycles. The summed E-state index contributed by atoms with van der Waals surface area (Å²) in [5.74, 6) is 0. The molecule has 0 bridgehead atoms. The van der Waals surface area contributed by atoms with Crippen molar-refractivity contribution in [3.8, 4) is 0 Å². The number of hydrogen-bond donors (Lipinski definition) is 0. The first-order chi connectivity index (χ1) is 18.8. The quantitative estimate of drug-likeness (QED) is 0.0957. The fraction of sp³-hybridized carbons (Fsp3) is 0.500. The summed E-state index contributed by atoms with van der Waals surface area (Å²) >= 11 is 0. The Morgan fingerprint density at radius 3 is 1.66 bits per heavy atom. The third kappa shape index (κ3) is 13.7. The summed E-state index contributed by atoms with van der Waals surface area (Å²) < 4.78 is 0. The molecule has 0 saturated carbocycles. The summed E-state index contributed by atoms with van der Waals surface area (Å²) in [5, 5.41) is 0. The molecule has 2 nitrogen and oxygen atoms in total. The summed E-state index contributed by atoms with van der Waals surface area (Å²) in [6, 6.07) is 17.2. The van der Waals surface area contributed by atoms with Crippen molar-refractivity contribution in [3.63, 3.8) is 0 Å². The first-order valence-electron chi connectivity index (χ1n) is 15.4. The minimum atomic E-state index is 0.953. The van der Waals surface area contributed by atoms with Gasteiger partial charge in [-0.3, -0.25) is 9.98 Å². The molecule has 2 rings (SSSR count). The van der Waals surface area contributed by atoms with Crippen molar-refractivity contribution < 1.29 is 0 Å². The van der Waals surface area contributed by atoms with Gasteiger partial charge >= 0.3 is 0 Å². The van der Waals surface area contributed by atoms with Gasteiger partial charge in [0.2, 0.25) is 0 Å². The summed E-state index contributed by atoms with van der Waals surface area (Å²) in [6.07, 6.45) is 29.0. The van der Waals surface area contributed by atoms with Gasteiger partial charge in [-0.25, -0.2) is 0 Å². The van der Waals surface area contributed by atoms with E-state index in [-0.39, 0.29) is 0 Å². The second kappa shape index (κ2) is 21.2. The lowest BCUT2D eigenvalue weighted by Gasteiger charge is -2.07. The van der Waals surface area contributed by atoms with E-state index in [1.165, 1.54) is 62.5 Å². The number of unbranched alkanes of at least 4 members (excludes halogenated alkanes) is 7. The number of allylic oxidation sites excluding steroid dienone is 4. The number of nitrogens with zero attached hydrogens (tertiary/aromatic N) is 2. The number of rotatable bonds is 20. The average Bonchev–Trinajstić information content (AvgIpc) is 2.94. The van der Waals surface area contributed by atoms with Gasteiger partial charge in [-0.2, -0.15) is 0 Å². The monoisotopic (exact) mass is 512 g/mol. The summed E-state index contributed by atoms with van der Waals surface area (Å²) in [6.45, 7) is 6.75. The van der Waals surface area contributed by atoms with Gasteiger partial charge in [-0.1, -0.05) is 114 Å². The molecule has 0 amide bonds. The van der Waals surface area contributed by atoms with Crippen LogP contribution >= 0.6 is 0 Å². The Kier molecular flexibility index (Phi) is 17.6. The maximum absolute atomic E-state index is 5.12. The number of para-hydroxylation sites is 2. The highest BCUT2D eigenvalue weighted by molar-refractivity contribution is 6.31. The summed E-state index contributed by atoms with van der Waals surface area (Å²) in [4.78, 5) is 10.1. The maximum atomic E-state index is 5.12. The van der Waals surface area contributed by atoms with Crippen LogP contribution in [0.3, 0.4) is 0 Å². The summed E-state index contributed by atoms with van der Waals surface area (Å²) in [5.41, 5.74) is 5.85. The van der Waals surface area contributed by atoms with Crippen LogP contribution < -0.4 is 0 Å². The van der Waals surface area contributed by atoms with Crippen molar-refractivity contribution in [2.75, 3.05) is 0 Å². The molecule has 0 fully saturated rings. The first kappa shape index (κ1) is 31.5. The molecule has 0 unspecified atom stereocenters. The molecule has 0 aliphatic rings. The van der Waals surface area contributed by atoms with Crippen LogP contribution in [0.1, 0.15) is 115 Å². The smallest absolute Gasteiger partial charge is 0.0665 e. The van der Waals surface area contributed by atoms with Gasteiger partial charge < -0.3 is 0 Å². The molecule has 0 spiro atoms. The van der Waals surface area contributed by atoms with Crippen molar-refractivity contribution in [2.45, 2.75) is 117 Å². The molecule has 206 valence electrons. The molecular weight excluding hydrogens is 460 g/mol. The van der Waals surface area contributed by atoms with Gasteiger partial charge in [0, 0.05) is 6.21 Å². The van der Waals surface area contributed by atoms with Crippen molar-refractivity contribution in [3.05, 3.63) is 84.0 Å². The Hall–Kier alpha value is -2.74. The van der Waals surface area contributed by atoms with Gasteiger partial charge in [0.1, 0.15) is 0 Å². The number of benzene rings is 2. The molecule has 0 aromatic heterocycles. The van der Waals surface area contributed by atoms with E-state index < -0.39 is 0 Å². The third-order valence-electron chi connectivity index (χ3n) is 6.83. The van der Waals surface area contributed by atoms with Gasteiger partial charge in [-0.15, -0.1) is 0 Å². The molecule has 2 heteroatoms. The van der Waals surface area contributed by atoms with E-state index in [0.29, 0.717) is 0 Å². The van der Waals surface area contributed by atoms with Crippen LogP contribution in [0.25, 0.3) is 0 Å². The molecule has 38 heavy (non-hydrogen) atoms. The second-order valence-corrected chi connectivity index (χ2v) is 10.2. The van der Waals surface area contributed by atoms with Crippen LogP contribution in [0.15, 0.2) is 82.8 Å². The first-order valence-corrected chi connectivity index (χ1v) is 15.4. The van der Waals surface area contributed by atoms with E-state index in [2.05, 4.69) is 93.6 Å². The van der Waals surface area contributed by atoms with E-state index >= 15 is 0 Å². The molecule has 0 heterocycles. The lowest BCUT2D eigenvalue weighted by Crippen LogP contribution is -2.00. The molecular formula is C36H52N2. The normalized spacial score (nSPS) is 12.4. The second-order valence-electron chi connectivity index (χ2n) is 10.2. The van der Waals surface area contributed by atoms with Crippen molar-refractivity contribution >= 4 is 23.3 Å². The van der Waals surface area contributed by atoms with E-state index in [1.54, 1.807) is 0 Å². The molecule has 2 aromatic rings. The standard InChI is InChI=1S/C36H52N2/c1-4-7-10-12-14-16-18-24-32-26-20-22-29-35(32)37-31-34(28-9-6-3)38-36-30-23-21-27-33(36)25-19-17-15-13-11-8-5-2/h14-17,20-23,26-27,29-31H,4-13,18-19,24-25,28H2,1-3H3. The zero-order valence-electron chi connectivity index (χ0n) is 24.5. The fourth-order valence-electron chi connectivity index (χ4n) is 4.46. The minimum Gasteiger partial charge on any atom is -0.255 e. The maximum Gasteiger partial charge on any atom is 0.0665 e. The molecule has 0 aliphatic heterocycles. The molecule has 0 aliphatic carbocycles. The van der Waals surface area contributed by atoms with Crippen molar-refractivity contribution in [1.82, 2.24) is 0 Å². The Morgan fingerprint density at radius 1 is 0.579 bits per heavy atom. The van der Waals surface area contributed by atoms with E-state index in [0.717, 1.165) is 62.0 Å². The molecule has 2 aromatic carbocycles. The van der Waals surface area contributed by atoms with Crippen LogP contribution in [-0.2, 0) is 12.8 Å². The fourth-order valence-corrected chi connectivity index (χ4v) is 4.46. The Bertz CT molecular complexity index is 996.